The lowest BCUT2D eigenvalue weighted by molar-refractivity contribution is 0.474. The number of hydrazone groups is 1. The summed E-state index contributed by atoms with van der Waals surface area (Å²) in [5.74, 6) is -0.0541. The standard InChI is InChI=1S/C12H15Cl2N3OS/c1-3-4-15-12(19)17-16-7(2)9-5-8(13)6-10(14)11(9)18/h5-6,18H,3-4H2,1-2H3,(H2,15,17,19)/b16-7+. The minimum absolute atomic E-state index is 0.0541. The second-order valence-corrected chi connectivity index (χ2v) is 5.10. The second-order valence-electron chi connectivity index (χ2n) is 3.85. The van der Waals surface area contributed by atoms with E-state index in [-0.39, 0.29) is 10.8 Å². The van der Waals surface area contributed by atoms with Crippen molar-refractivity contribution in [3.63, 3.8) is 0 Å². The van der Waals surface area contributed by atoms with Gasteiger partial charge in [0.25, 0.3) is 0 Å². The van der Waals surface area contributed by atoms with Crippen molar-refractivity contribution in [1.82, 2.24) is 10.7 Å². The van der Waals surface area contributed by atoms with Crippen LogP contribution >= 0.6 is 35.4 Å². The van der Waals surface area contributed by atoms with Gasteiger partial charge in [-0.15, -0.1) is 0 Å². The molecule has 0 aliphatic heterocycles. The Labute approximate surface area is 127 Å². The van der Waals surface area contributed by atoms with Gasteiger partial charge in [0.1, 0.15) is 5.75 Å². The molecule has 7 heteroatoms. The summed E-state index contributed by atoms with van der Waals surface area (Å²) in [6.45, 7) is 4.53. The molecule has 0 aliphatic carbocycles. The maximum absolute atomic E-state index is 9.85. The van der Waals surface area contributed by atoms with Crippen LogP contribution in [0.25, 0.3) is 0 Å². The minimum Gasteiger partial charge on any atom is -0.506 e. The van der Waals surface area contributed by atoms with Crippen LogP contribution < -0.4 is 10.7 Å². The summed E-state index contributed by atoms with van der Waals surface area (Å²) in [5, 5.41) is 17.9. The Morgan fingerprint density at radius 2 is 2.11 bits per heavy atom. The van der Waals surface area contributed by atoms with Crippen molar-refractivity contribution in [2.75, 3.05) is 6.54 Å². The average Bonchev–Trinajstić information content (AvgIpc) is 2.37. The minimum atomic E-state index is -0.0541. The molecule has 0 unspecified atom stereocenters. The van der Waals surface area contributed by atoms with E-state index in [1.165, 1.54) is 6.07 Å². The summed E-state index contributed by atoms with van der Waals surface area (Å²) in [7, 11) is 0. The van der Waals surface area contributed by atoms with Crippen LogP contribution in [0.15, 0.2) is 17.2 Å². The van der Waals surface area contributed by atoms with Gasteiger partial charge in [0.2, 0.25) is 0 Å². The molecule has 19 heavy (non-hydrogen) atoms. The Balaban J connectivity index is 2.82. The first-order valence-electron chi connectivity index (χ1n) is 5.72. The summed E-state index contributed by atoms with van der Waals surface area (Å²) < 4.78 is 0. The third kappa shape index (κ3) is 4.86. The molecule has 0 saturated heterocycles. The van der Waals surface area contributed by atoms with Crippen molar-refractivity contribution in [3.8, 4) is 5.75 Å². The van der Waals surface area contributed by atoms with Crippen LogP contribution in [0.2, 0.25) is 10.0 Å². The van der Waals surface area contributed by atoms with E-state index in [1.54, 1.807) is 13.0 Å². The highest BCUT2D eigenvalue weighted by molar-refractivity contribution is 7.80. The zero-order valence-corrected chi connectivity index (χ0v) is 13.0. The quantitative estimate of drug-likeness (QED) is 0.453. The summed E-state index contributed by atoms with van der Waals surface area (Å²) in [5.41, 5.74) is 3.68. The molecule has 0 spiro atoms. The molecule has 1 rings (SSSR count). The maximum Gasteiger partial charge on any atom is 0.186 e. The number of benzene rings is 1. The molecule has 0 atom stereocenters. The van der Waals surface area contributed by atoms with Crippen molar-refractivity contribution in [3.05, 3.63) is 27.7 Å². The van der Waals surface area contributed by atoms with Crippen LogP contribution in [0.5, 0.6) is 5.75 Å². The molecule has 1 aromatic carbocycles. The van der Waals surface area contributed by atoms with E-state index in [2.05, 4.69) is 15.8 Å². The maximum atomic E-state index is 9.85. The number of nitrogens with one attached hydrogen (secondary N) is 2. The number of phenols is 1. The molecule has 0 heterocycles. The average molecular weight is 320 g/mol. The molecule has 0 aromatic heterocycles. The zero-order valence-electron chi connectivity index (χ0n) is 10.6. The lowest BCUT2D eigenvalue weighted by Gasteiger charge is -2.09. The van der Waals surface area contributed by atoms with Crippen LogP contribution in [0.4, 0.5) is 0 Å². The first-order chi connectivity index (χ1) is 8.95. The third-order valence-corrected chi connectivity index (χ3v) is 3.02. The summed E-state index contributed by atoms with van der Waals surface area (Å²) in [4.78, 5) is 0. The van der Waals surface area contributed by atoms with E-state index in [0.29, 0.717) is 21.4 Å². The van der Waals surface area contributed by atoms with Gasteiger partial charge in [-0.25, -0.2) is 0 Å². The van der Waals surface area contributed by atoms with Gasteiger partial charge in [0, 0.05) is 17.1 Å². The third-order valence-electron chi connectivity index (χ3n) is 2.28. The number of phenolic OH excluding ortho intramolecular Hbond substituents is 1. The zero-order chi connectivity index (χ0) is 14.4. The van der Waals surface area contributed by atoms with E-state index in [9.17, 15) is 5.11 Å². The SMILES string of the molecule is CCCNC(=S)N/N=C(\C)c1cc(Cl)cc(Cl)c1O. The molecule has 0 radical (unpaired) electrons. The molecule has 0 saturated carbocycles. The first kappa shape index (κ1) is 16.0. The van der Waals surface area contributed by atoms with Crippen LogP contribution in [0.1, 0.15) is 25.8 Å². The highest BCUT2D eigenvalue weighted by atomic mass is 35.5. The Morgan fingerprint density at radius 1 is 1.42 bits per heavy atom. The van der Waals surface area contributed by atoms with E-state index in [0.717, 1.165) is 13.0 Å². The smallest absolute Gasteiger partial charge is 0.186 e. The number of aromatic hydroxyl groups is 1. The van der Waals surface area contributed by atoms with Crippen molar-refractivity contribution in [2.45, 2.75) is 20.3 Å². The first-order valence-corrected chi connectivity index (χ1v) is 6.88. The predicted molar refractivity (Wildman–Crippen MR) is 84.4 cm³/mol. The van der Waals surface area contributed by atoms with Crippen LogP contribution in [0, 0.1) is 0 Å². The molecule has 1 aromatic rings. The normalized spacial score (nSPS) is 11.3. The van der Waals surface area contributed by atoms with E-state index >= 15 is 0 Å². The number of thiocarbonyl (C=S) groups is 1. The molecule has 0 aliphatic rings. The Hall–Kier alpha value is -1.04. The Kier molecular flexibility index (Phi) is 6.34. The van der Waals surface area contributed by atoms with E-state index in [4.69, 9.17) is 35.4 Å². The molecule has 0 bridgehead atoms. The lowest BCUT2D eigenvalue weighted by Crippen LogP contribution is -2.33. The van der Waals surface area contributed by atoms with E-state index < -0.39 is 0 Å². The highest BCUT2D eigenvalue weighted by Gasteiger charge is 2.10. The Bertz CT molecular complexity index is 506. The number of halogens is 2. The molecule has 104 valence electrons. The van der Waals surface area contributed by atoms with Gasteiger partial charge in [0.15, 0.2) is 5.11 Å². The lowest BCUT2D eigenvalue weighted by atomic mass is 10.1. The van der Waals surface area contributed by atoms with Gasteiger partial charge in [-0.1, -0.05) is 30.1 Å². The number of hydrogen-bond acceptors (Lipinski definition) is 3. The van der Waals surface area contributed by atoms with Crippen LogP contribution in [0.3, 0.4) is 0 Å². The molecule has 0 amide bonds. The molecule has 0 fully saturated rings. The van der Waals surface area contributed by atoms with Gasteiger partial charge in [0.05, 0.1) is 10.7 Å². The van der Waals surface area contributed by atoms with E-state index in [1.807, 2.05) is 6.92 Å². The Morgan fingerprint density at radius 3 is 2.74 bits per heavy atom. The van der Waals surface area contributed by atoms with Crippen LogP contribution in [-0.2, 0) is 0 Å². The van der Waals surface area contributed by atoms with Crippen molar-refractivity contribution >= 4 is 46.2 Å². The summed E-state index contributed by atoms with van der Waals surface area (Å²) in [6, 6.07) is 3.06. The highest BCUT2D eigenvalue weighted by Crippen LogP contribution is 2.31. The van der Waals surface area contributed by atoms with Crippen molar-refractivity contribution in [1.29, 1.82) is 0 Å². The molecule has 4 nitrogen and oxygen atoms in total. The number of rotatable bonds is 4. The number of hydrogen-bond donors (Lipinski definition) is 3. The van der Waals surface area contributed by atoms with Gasteiger partial charge < -0.3 is 10.4 Å². The van der Waals surface area contributed by atoms with Crippen molar-refractivity contribution < 1.29 is 5.11 Å². The summed E-state index contributed by atoms with van der Waals surface area (Å²) >= 11 is 16.8. The number of nitrogens with zero attached hydrogens (tertiary/aromatic N) is 1. The second kappa shape index (κ2) is 7.53. The fourth-order valence-electron chi connectivity index (χ4n) is 1.31. The summed E-state index contributed by atoms with van der Waals surface area (Å²) in [6.07, 6.45) is 0.967. The molecule has 3 N–H and O–H groups in total. The monoisotopic (exact) mass is 319 g/mol. The predicted octanol–water partition coefficient (Wildman–Crippen LogP) is 3.30. The fourth-order valence-corrected chi connectivity index (χ4v) is 1.96. The largest absolute Gasteiger partial charge is 0.506 e. The molecular formula is C12H15Cl2N3OS. The van der Waals surface area contributed by atoms with Gasteiger partial charge in [-0.05, 0) is 37.7 Å². The van der Waals surface area contributed by atoms with Gasteiger partial charge in [-0.3, -0.25) is 5.43 Å². The van der Waals surface area contributed by atoms with Gasteiger partial charge >= 0.3 is 0 Å². The molecular weight excluding hydrogens is 305 g/mol. The van der Waals surface area contributed by atoms with Crippen molar-refractivity contribution in [2.24, 2.45) is 5.10 Å². The fraction of sp³-hybridized carbons (Fsp3) is 0.333. The van der Waals surface area contributed by atoms with Gasteiger partial charge in [-0.2, -0.15) is 5.10 Å². The topological polar surface area (TPSA) is 56.7 Å². The van der Waals surface area contributed by atoms with Crippen LogP contribution in [-0.4, -0.2) is 22.5 Å².